The number of halogens is 1. The lowest BCUT2D eigenvalue weighted by Gasteiger charge is -2.18. The van der Waals surface area contributed by atoms with Gasteiger partial charge >= 0.3 is 0 Å². The monoisotopic (exact) mass is 441 g/mol. The summed E-state index contributed by atoms with van der Waals surface area (Å²) in [5.41, 5.74) is 3.38. The van der Waals surface area contributed by atoms with Gasteiger partial charge in [-0.2, -0.15) is 5.10 Å². The summed E-state index contributed by atoms with van der Waals surface area (Å²) >= 11 is 3.42. The third-order valence-electron chi connectivity index (χ3n) is 4.63. The van der Waals surface area contributed by atoms with E-state index in [1.165, 1.54) is 0 Å². The molecule has 7 heteroatoms. The van der Waals surface area contributed by atoms with Crippen LogP contribution in [-0.2, 0) is 6.42 Å². The van der Waals surface area contributed by atoms with E-state index in [1.807, 2.05) is 49.4 Å². The molecule has 0 spiro atoms. The molecule has 1 aromatic heterocycles. The molecule has 2 heterocycles. The number of rotatable bonds is 5. The van der Waals surface area contributed by atoms with Crippen LogP contribution in [0.1, 0.15) is 21.6 Å². The first kappa shape index (κ1) is 18.6. The Morgan fingerprint density at radius 2 is 1.89 bits per heavy atom. The fourth-order valence-electron chi connectivity index (χ4n) is 3.13. The van der Waals surface area contributed by atoms with Crippen LogP contribution in [0.2, 0.25) is 0 Å². The molecule has 1 amide bonds. The van der Waals surface area contributed by atoms with Crippen LogP contribution in [0.4, 0.5) is 0 Å². The number of nitrogens with zero attached hydrogens (tertiary/aromatic N) is 2. The van der Waals surface area contributed by atoms with Crippen molar-refractivity contribution in [3.63, 3.8) is 0 Å². The maximum Gasteiger partial charge on any atom is 0.254 e. The number of hydrogen-bond acceptors (Lipinski definition) is 4. The van der Waals surface area contributed by atoms with Gasteiger partial charge in [0.2, 0.25) is 0 Å². The highest BCUT2D eigenvalue weighted by Crippen LogP contribution is 2.30. The van der Waals surface area contributed by atoms with Gasteiger partial charge in [0.15, 0.2) is 11.5 Å². The van der Waals surface area contributed by atoms with E-state index in [9.17, 15) is 4.79 Å². The molecule has 0 fully saturated rings. The van der Waals surface area contributed by atoms with E-state index >= 15 is 0 Å². The predicted molar refractivity (Wildman–Crippen MR) is 109 cm³/mol. The Hall–Kier alpha value is -2.80. The summed E-state index contributed by atoms with van der Waals surface area (Å²) in [5, 5.41) is 7.33. The number of benzene rings is 2. The van der Waals surface area contributed by atoms with Crippen molar-refractivity contribution in [2.75, 3.05) is 19.8 Å². The fraction of sp³-hybridized carbons (Fsp3) is 0.238. The molecule has 0 radical (unpaired) electrons. The van der Waals surface area contributed by atoms with Crippen molar-refractivity contribution in [3.8, 4) is 17.2 Å². The van der Waals surface area contributed by atoms with Gasteiger partial charge in [0.1, 0.15) is 13.2 Å². The number of nitrogens with one attached hydrogen (secondary N) is 1. The normalized spacial score (nSPS) is 12.6. The molecule has 1 aliphatic rings. The number of ether oxygens (including phenoxy) is 2. The zero-order valence-electron chi connectivity index (χ0n) is 15.4. The molecule has 3 aromatic rings. The van der Waals surface area contributed by atoms with Crippen LogP contribution in [-0.4, -0.2) is 35.4 Å². The summed E-state index contributed by atoms with van der Waals surface area (Å²) in [6, 6.07) is 13.7. The molecule has 4 rings (SSSR count). The van der Waals surface area contributed by atoms with Gasteiger partial charge in [0, 0.05) is 11.0 Å². The molecule has 2 aromatic carbocycles. The molecule has 1 N–H and O–H groups in total. The van der Waals surface area contributed by atoms with Gasteiger partial charge < -0.3 is 14.8 Å². The van der Waals surface area contributed by atoms with E-state index in [-0.39, 0.29) is 5.91 Å². The molecule has 0 saturated heterocycles. The highest BCUT2D eigenvalue weighted by Gasteiger charge is 2.15. The summed E-state index contributed by atoms with van der Waals surface area (Å²) < 4.78 is 13.9. The van der Waals surface area contributed by atoms with Crippen molar-refractivity contribution < 1.29 is 14.3 Å². The lowest BCUT2D eigenvalue weighted by molar-refractivity contribution is 0.0953. The molecule has 28 heavy (non-hydrogen) atoms. The van der Waals surface area contributed by atoms with Gasteiger partial charge in [-0.25, -0.2) is 4.68 Å². The topological polar surface area (TPSA) is 65.4 Å². The minimum Gasteiger partial charge on any atom is -0.486 e. The molecule has 1 aliphatic heterocycles. The molecule has 0 bridgehead atoms. The van der Waals surface area contributed by atoms with Crippen LogP contribution in [0.25, 0.3) is 5.69 Å². The van der Waals surface area contributed by atoms with Gasteiger partial charge in [-0.05, 0) is 55.3 Å². The summed E-state index contributed by atoms with van der Waals surface area (Å²) in [6.07, 6.45) is 2.32. The van der Waals surface area contributed by atoms with Gasteiger partial charge in [-0.15, -0.1) is 0 Å². The van der Waals surface area contributed by atoms with Crippen LogP contribution in [0.15, 0.2) is 53.1 Å². The van der Waals surface area contributed by atoms with Gasteiger partial charge in [0.25, 0.3) is 5.91 Å². The largest absolute Gasteiger partial charge is 0.486 e. The Balaban J connectivity index is 1.38. The van der Waals surface area contributed by atoms with E-state index in [0.717, 1.165) is 32.9 Å². The van der Waals surface area contributed by atoms with Crippen molar-refractivity contribution in [2.24, 2.45) is 0 Å². The molecular formula is C21H20BrN3O3. The number of carbonyl (C=O) groups is 1. The number of aromatic nitrogens is 2. The maximum atomic E-state index is 12.6. The third-order valence-corrected chi connectivity index (χ3v) is 5.16. The second-order valence-corrected chi connectivity index (χ2v) is 7.43. The van der Waals surface area contributed by atoms with E-state index in [0.29, 0.717) is 31.7 Å². The van der Waals surface area contributed by atoms with E-state index < -0.39 is 0 Å². The highest BCUT2D eigenvalue weighted by atomic mass is 79.9. The minimum absolute atomic E-state index is 0.126. The first-order valence-corrected chi connectivity index (χ1v) is 9.88. The Morgan fingerprint density at radius 1 is 1.14 bits per heavy atom. The highest BCUT2D eigenvalue weighted by molar-refractivity contribution is 9.10. The lowest BCUT2D eigenvalue weighted by atomic mass is 10.1. The predicted octanol–water partition coefficient (Wildman–Crippen LogP) is 3.69. The average molecular weight is 442 g/mol. The fourth-order valence-corrected chi connectivity index (χ4v) is 3.40. The molecule has 144 valence electrons. The molecule has 0 unspecified atom stereocenters. The zero-order chi connectivity index (χ0) is 19.5. The standard InChI is InChI=1S/C21H20BrN3O3/c1-14-18(13-24-25(14)17-5-3-16(22)4-6-17)21(26)23-9-8-15-2-7-19-20(12-15)28-11-10-27-19/h2-7,12-13H,8-11H2,1H3,(H,23,26). The second kappa shape index (κ2) is 8.06. The Bertz CT molecular complexity index is 999. The summed E-state index contributed by atoms with van der Waals surface area (Å²) in [7, 11) is 0. The van der Waals surface area contributed by atoms with Crippen LogP contribution in [0.5, 0.6) is 11.5 Å². The number of hydrogen-bond donors (Lipinski definition) is 1. The van der Waals surface area contributed by atoms with Gasteiger partial charge in [0.05, 0.1) is 23.1 Å². The number of fused-ring (bicyclic) bond motifs is 1. The first-order chi connectivity index (χ1) is 13.6. The zero-order valence-corrected chi connectivity index (χ0v) is 17.0. The maximum absolute atomic E-state index is 12.6. The van der Waals surface area contributed by atoms with Gasteiger partial charge in [-0.1, -0.05) is 22.0 Å². The number of carbonyl (C=O) groups excluding carboxylic acids is 1. The molecular weight excluding hydrogens is 422 g/mol. The van der Waals surface area contributed by atoms with Crippen LogP contribution in [0.3, 0.4) is 0 Å². The summed E-state index contributed by atoms with van der Waals surface area (Å²) in [4.78, 5) is 12.6. The third kappa shape index (κ3) is 3.89. The smallest absolute Gasteiger partial charge is 0.254 e. The number of amides is 1. The Labute approximate surface area is 171 Å². The Kier molecular flexibility index (Phi) is 5.34. The Morgan fingerprint density at radius 3 is 2.68 bits per heavy atom. The quantitative estimate of drug-likeness (QED) is 0.655. The van der Waals surface area contributed by atoms with Crippen molar-refractivity contribution in [2.45, 2.75) is 13.3 Å². The SMILES string of the molecule is Cc1c(C(=O)NCCc2ccc3c(c2)OCCO3)cnn1-c1ccc(Br)cc1. The van der Waals surface area contributed by atoms with Crippen molar-refractivity contribution >= 4 is 21.8 Å². The van der Waals surface area contributed by atoms with Gasteiger partial charge in [-0.3, -0.25) is 4.79 Å². The molecule has 6 nitrogen and oxygen atoms in total. The second-order valence-electron chi connectivity index (χ2n) is 6.52. The minimum atomic E-state index is -0.126. The van der Waals surface area contributed by atoms with Crippen LogP contribution < -0.4 is 14.8 Å². The van der Waals surface area contributed by atoms with Crippen LogP contribution in [0, 0.1) is 6.92 Å². The lowest BCUT2D eigenvalue weighted by Crippen LogP contribution is -2.26. The average Bonchev–Trinajstić information content (AvgIpc) is 3.10. The molecule has 0 aliphatic carbocycles. The first-order valence-electron chi connectivity index (χ1n) is 9.09. The van der Waals surface area contributed by atoms with Crippen molar-refractivity contribution in [1.29, 1.82) is 0 Å². The van der Waals surface area contributed by atoms with Crippen LogP contribution >= 0.6 is 15.9 Å². The van der Waals surface area contributed by atoms with Crippen molar-refractivity contribution in [1.82, 2.24) is 15.1 Å². The molecule has 0 saturated carbocycles. The van der Waals surface area contributed by atoms with E-state index in [2.05, 4.69) is 26.3 Å². The summed E-state index contributed by atoms with van der Waals surface area (Å²) in [6.45, 7) is 3.57. The van der Waals surface area contributed by atoms with E-state index in [1.54, 1.807) is 10.9 Å². The van der Waals surface area contributed by atoms with Crippen molar-refractivity contribution in [3.05, 3.63) is 70.0 Å². The molecule has 0 atom stereocenters. The van der Waals surface area contributed by atoms with E-state index in [4.69, 9.17) is 9.47 Å². The summed E-state index contributed by atoms with van der Waals surface area (Å²) in [5.74, 6) is 1.41.